The van der Waals surface area contributed by atoms with Crippen LogP contribution in [-0.4, -0.2) is 69.9 Å². The molecule has 1 aromatic rings. The second-order valence-corrected chi connectivity index (χ2v) is 11.6. The third-order valence-corrected chi connectivity index (χ3v) is 8.71. The van der Waals surface area contributed by atoms with E-state index >= 15 is 0 Å². The lowest BCUT2D eigenvalue weighted by Crippen LogP contribution is -2.50. The quantitative estimate of drug-likeness (QED) is 0.411. The van der Waals surface area contributed by atoms with E-state index in [2.05, 4.69) is 23.6 Å². The van der Waals surface area contributed by atoms with E-state index < -0.39 is 22.0 Å². The highest BCUT2D eigenvalue weighted by Gasteiger charge is 2.39. The van der Waals surface area contributed by atoms with E-state index in [1.807, 2.05) is 38.1 Å². The van der Waals surface area contributed by atoms with Crippen LogP contribution in [0.1, 0.15) is 11.1 Å². The molecule has 1 aromatic carbocycles. The Hall–Kier alpha value is -2.24. The van der Waals surface area contributed by atoms with Crippen molar-refractivity contribution in [3.8, 4) is 10.6 Å². The van der Waals surface area contributed by atoms with Crippen LogP contribution >= 0.6 is 11.3 Å². The molecule has 0 saturated carbocycles. The SMILES string of the molecule is Cc1cc(=[N+](C)C)cc2sc3cc(N4CCN(S(=O)(=O)CC(F)(F)F)CC4)cc(C)c3nc1-2. The highest BCUT2D eigenvalue weighted by atomic mass is 32.2. The smallest absolute Gasteiger partial charge is 0.369 e. The van der Waals surface area contributed by atoms with Crippen molar-refractivity contribution in [1.29, 1.82) is 0 Å². The van der Waals surface area contributed by atoms with Crippen molar-refractivity contribution in [2.24, 2.45) is 0 Å². The number of anilines is 1. The Kier molecular flexibility index (Phi) is 6.17. The monoisotopic (exact) mass is 499 g/mol. The van der Waals surface area contributed by atoms with Gasteiger partial charge in [0.1, 0.15) is 14.1 Å². The molecule has 0 N–H and O–H groups in total. The van der Waals surface area contributed by atoms with E-state index in [4.69, 9.17) is 4.98 Å². The Morgan fingerprint density at radius 3 is 2.30 bits per heavy atom. The minimum absolute atomic E-state index is 0.0281. The molecule has 6 nitrogen and oxygen atoms in total. The summed E-state index contributed by atoms with van der Waals surface area (Å²) in [6.45, 7) is 4.76. The number of hydrogen-bond donors (Lipinski definition) is 0. The van der Waals surface area contributed by atoms with Crippen molar-refractivity contribution < 1.29 is 21.6 Å². The number of sulfonamides is 1. The lowest BCUT2D eigenvalue weighted by molar-refractivity contribution is -0.107. The predicted octanol–water partition coefficient (Wildman–Crippen LogP) is 3.06. The Morgan fingerprint density at radius 2 is 1.70 bits per heavy atom. The largest absolute Gasteiger partial charge is 0.404 e. The molecule has 0 spiro atoms. The number of alkyl halides is 3. The first kappa shape index (κ1) is 23.9. The van der Waals surface area contributed by atoms with Gasteiger partial charge in [0.25, 0.3) is 0 Å². The zero-order chi connectivity index (χ0) is 24.1. The summed E-state index contributed by atoms with van der Waals surface area (Å²) in [5.74, 6) is -1.82. The van der Waals surface area contributed by atoms with Crippen LogP contribution in [0, 0.1) is 13.8 Å². The predicted molar refractivity (Wildman–Crippen MR) is 126 cm³/mol. The van der Waals surface area contributed by atoms with Crippen molar-refractivity contribution in [3.63, 3.8) is 0 Å². The Morgan fingerprint density at radius 1 is 1.03 bits per heavy atom. The number of halogens is 3. The van der Waals surface area contributed by atoms with Crippen LogP contribution in [0.3, 0.4) is 0 Å². The summed E-state index contributed by atoms with van der Waals surface area (Å²) in [5.41, 5.74) is 4.92. The van der Waals surface area contributed by atoms with Crippen LogP contribution in [0.25, 0.3) is 20.8 Å². The fraction of sp³-hybridized carbons (Fsp3) is 0.455. The van der Waals surface area contributed by atoms with Gasteiger partial charge in [-0.05, 0) is 37.1 Å². The molecule has 0 aromatic heterocycles. The van der Waals surface area contributed by atoms with Gasteiger partial charge in [0, 0.05) is 44.0 Å². The molecule has 0 atom stereocenters. The molecule has 3 aliphatic rings. The van der Waals surface area contributed by atoms with E-state index in [-0.39, 0.29) is 13.1 Å². The highest BCUT2D eigenvalue weighted by molar-refractivity contribution is 7.89. The normalized spacial score (nSPS) is 16.0. The van der Waals surface area contributed by atoms with E-state index in [1.165, 1.54) is 0 Å². The molecule has 0 bridgehead atoms. The number of nitrogens with zero attached hydrogens (tertiary/aromatic N) is 4. The minimum atomic E-state index is -4.74. The molecule has 4 rings (SSSR count). The van der Waals surface area contributed by atoms with E-state index in [0.29, 0.717) is 13.1 Å². The summed E-state index contributed by atoms with van der Waals surface area (Å²) in [6, 6.07) is 8.28. The second-order valence-electron chi connectivity index (χ2n) is 8.58. The van der Waals surface area contributed by atoms with Crippen LogP contribution in [0.4, 0.5) is 18.9 Å². The first-order valence-corrected chi connectivity index (χ1v) is 12.9. The third kappa shape index (κ3) is 4.99. The van der Waals surface area contributed by atoms with Gasteiger partial charge >= 0.3 is 6.18 Å². The summed E-state index contributed by atoms with van der Waals surface area (Å²) >= 11 is 1.65. The first-order valence-electron chi connectivity index (χ1n) is 10.5. The summed E-state index contributed by atoms with van der Waals surface area (Å²) in [5, 5.41) is 1.10. The summed E-state index contributed by atoms with van der Waals surface area (Å²) in [7, 11) is -0.366. The number of piperazine rings is 1. The molecule has 2 aliphatic heterocycles. The Bertz CT molecular complexity index is 1350. The lowest BCUT2D eigenvalue weighted by atomic mass is 10.1. The number of aryl methyl sites for hydroxylation is 2. The lowest BCUT2D eigenvalue weighted by Gasteiger charge is -2.35. The van der Waals surface area contributed by atoms with Crippen LogP contribution in [0.15, 0.2) is 24.3 Å². The number of fused-ring (bicyclic) bond motifs is 2. The van der Waals surface area contributed by atoms with Crippen molar-refractivity contribution >= 4 is 37.3 Å². The molecule has 0 radical (unpaired) electrons. The van der Waals surface area contributed by atoms with E-state index in [0.717, 1.165) is 47.3 Å². The maximum atomic E-state index is 12.6. The molecule has 0 unspecified atom stereocenters. The summed E-state index contributed by atoms with van der Waals surface area (Å²) < 4.78 is 66.0. The fourth-order valence-corrected chi connectivity index (χ4v) is 6.61. The van der Waals surface area contributed by atoms with Gasteiger partial charge in [-0.2, -0.15) is 17.5 Å². The first-order chi connectivity index (χ1) is 15.3. The van der Waals surface area contributed by atoms with Gasteiger partial charge in [-0.25, -0.2) is 18.0 Å². The van der Waals surface area contributed by atoms with Gasteiger partial charge in [0.2, 0.25) is 15.4 Å². The van der Waals surface area contributed by atoms with Crippen LogP contribution in [0.5, 0.6) is 0 Å². The second kappa shape index (κ2) is 8.52. The molecule has 1 saturated heterocycles. The maximum absolute atomic E-state index is 12.6. The molecule has 11 heteroatoms. The number of hydrogen-bond acceptors (Lipinski definition) is 5. The van der Waals surface area contributed by atoms with Crippen LogP contribution < -0.4 is 14.8 Å². The standard InChI is InChI=1S/C22H26F3N4O2S2/c1-14-9-16(27(3)4)11-18-20(14)26-21-15(2)10-17(12-19(21)32-18)28-5-7-29(8-6-28)33(30,31)13-22(23,24)25/h9-12H,5-8,13H2,1-4H3/q+1. The molecular formula is C22H26F3N4O2S2+. The maximum Gasteiger partial charge on any atom is 0.404 e. The van der Waals surface area contributed by atoms with Gasteiger partial charge in [-0.3, -0.25) is 0 Å². The van der Waals surface area contributed by atoms with Gasteiger partial charge in [0.15, 0.2) is 5.75 Å². The van der Waals surface area contributed by atoms with Gasteiger partial charge in [-0.15, -0.1) is 11.3 Å². The van der Waals surface area contributed by atoms with Crippen molar-refractivity contribution in [3.05, 3.63) is 40.7 Å². The average Bonchev–Trinajstić information content (AvgIpc) is 2.71. The topological polar surface area (TPSA) is 56.5 Å². The van der Waals surface area contributed by atoms with Crippen molar-refractivity contribution in [2.45, 2.75) is 20.0 Å². The summed E-state index contributed by atoms with van der Waals surface area (Å²) in [6.07, 6.45) is -4.74. The summed E-state index contributed by atoms with van der Waals surface area (Å²) in [4.78, 5) is 8.01. The minimum Gasteiger partial charge on any atom is -0.369 e. The number of benzene rings is 2. The van der Waals surface area contributed by atoms with Crippen LogP contribution in [-0.2, 0) is 10.0 Å². The molecule has 33 heavy (non-hydrogen) atoms. The fourth-order valence-electron chi connectivity index (χ4n) is 4.09. The zero-order valence-corrected chi connectivity index (χ0v) is 20.5. The number of aromatic nitrogens is 1. The molecule has 0 amide bonds. The number of rotatable bonds is 3. The van der Waals surface area contributed by atoms with Crippen LogP contribution in [0.2, 0.25) is 0 Å². The molecule has 2 heterocycles. The van der Waals surface area contributed by atoms with Gasteiger partial charge < -0.3 is 4.90 Å². The molecule has 1 fully saturated rings. The molecule has 178 valence electrons. The van der Waals surface area contributed by atoms with Gasteiger partial charge in [0.05, 0.1) is 20.8 Å². The van der Waals surface area contributed by atoms with E-state index in [9.17, 15) is 21.6 Å². The van der Waals surface area contributed by atoms with Crippen molar-refractivity contribution in [2.75, 3.05) is 50.9 Å². The van der Waals surface area contributed by atoms with E-state index in [1.54, 1.807) is 11.3 Å². The molecular weight excluding hydrogens is 473 g/mol. The highest BCUT2D eigenvalue weighted by Crippen LogP contribution is 2.35. The zero-order valence-electron chi connectivity index (χ0n) is 18.9. The van der Waals surface area contributed by atoms with Gasteiger partial charge in [-0.1, -0.05) is 0 Å². The Balaban J connectivity index is 1.65. The van der Waals surface area contributed by atoms with Crippen molar-refractivity contribution in [1.82, 2.24) is 13.9 Å². The Labute approximate surface area is 195 Å². The third-order valence-electron chi connectivity index (χ3n) is 5.80. The molecule has 1 aliphatic carbocycles. The average molecular weight is 500 g/mol.